The van der Waals surface area contributed by atoms with Gasteiger partial charge in [-0.25, -0.2) is 0 Å². The van der Waals surface area contributed by atoms with E-state index in [0.29, 0.717) is 11.4 Å². The van der Waals surface area contributed by atoms with Gasteiger partial charge >= 0.3 is 5.97 Å². The predicted molar refractivity (Wildman–Crippen MR) is 60.7 cm³/mol. The summed E-state index contributed by atoms with van der Waals surface area (Å²) in [5.74, 6) is 0.271. The minimum Gasteiger partial charge on any atom is -0.491 e. The second-order valence-electron chi connectivity index (χ2n) is 2.86. The van der Waals surface area contributed by atoms with Crippen LogP contribution in [0.1, 0.15) is 6.42 Å². The largest absolute Gasteiger partial charge is 0.491 e. The zero-order valence-corrected chi connectivity index (χ0v) is 9.91. The molecule has 0 aliphatic rings. The summed E-state index contributed by atoms with van der Waals surface area (Å²) in [5.41, 5.74) is 6.24. The van der Waals surface area contributed by atoms with E-state index in [4.69, 9.17) is 10.5 Å². The molecule has 82 valence electrons. The number of methoxy groups -OCH3 is 1. The smallest absolute Gasteiger partial charge is 0.308 e. The van der Waals surface area contributed by atoms with Crippen molar-refractivity contribution in [2.24, 2.45) is 0 Å². The van der Waals surface area contributed by atoms with Gasteiger partial charge in [0.15, 0.2) is 0 Å². The number of hydrogen-bond donors (Lipinski definition) is 1. The number of carbonyl (C=O) groups excluding carboxylic acids is 1. The van der Waals surface area contributed by atoms with Gasteiger partial charge in [-0.05, 0) is 18.2 Å². The summed E-state index contributed by atoms with van der Waals surface area (Å²) >= 11 is 3.29. The lowest BCUT2D eigenvalue weighted by Crippen LogP contribution is -2.08. The number of hydrogen-bond acceptors (Lipinski definition) is 4. The average molecular weight is 274 g/mol. The van der Waals surface area contributed by atoms with E-state index in [0.717, 1.165) is 4.47 Å². The van der Waals surface area contributed by atoms with Gasteiger partial charge in [0.25, 0.3) is 0 Å². The molecular weight excluding hydrogens is 262 g/mol. The third-order valence-electron chi connectivity index (χ3n) is 1.76. The van der Waals surface area contributed by atoms with E-state index in [9.17, 15) is 4.79 Å². The fourth-order valence-electron chi connectivity index (χ4n) is 0.997. The average Bonchev–Trinajstić information content (AvgIpc) is 2.21. The van der Waals surface area contributed by atoms with Crippen molar-refractivity contribution in [3.8, 4) is 5.75 Å². The number of carbonyl (C=O) groups is 1. The normalized spacial score (nSPS) is 9.73. The highest BCUT2D eigenvalue weighted by atomic mass is 79.9. The second-order valence-corrected chi connectivity index (χ2v) is 3.77. The minimum absolute atomic E-state index is 0.214. The predicted octanol–water partition coefficient (Wildman–Crippen LogP) is 1.97. The molecule has 0 amide bonds. The van der Waals surface area contributed by atoms with Crippen LogP contribution in [0.2, 0.25) is 0 Å². The molecule has 0 fully saturated rings. The van der Waals surface area contributed by atoms with Crippen LogP contribution in [0.4, 0.5) is 5.69 Å². The van der Waals surface area contributed by atoms with E-state index in [1.807, 2.05) is 6.07 Å². The van der Waals surface area contributed by atoms with Crippen LogP contribution in [0, 0.1) is 0 Å². The number of benzene rings is 1. The van der Waals surface area contributed by atoms with Crippen molar-refractivity contribution >= 4 is 27.6 Å². The van der Waals surface area contributed by atoms with Gasteiger partial charge in [-0.3, -0.25) is 4.79 Å². The molecule has 0 aliphatic carbocycles. The molecule has 0 atom stereocenters. The van der Waals surface area contributed by atoms with Gasteiger partial charge in [0.05, 0.1) is 25.8 Å². The first kappa shape index (κ1) is 11.8. The van der Waals surface area contributed by atoms with Crippen molar-refractivity contribution in [1.82, 2.24) is 0 Å². The molecule has 5 heteroatoms. The van der Waals surface area contributed by atoms with Crippen LogP contribution in [-0.2, 0) is 9.53 Å². The molecule has 0 heterocycles. The third kappa shape index (κ3) is 3.79. The zero-order valence-electron chi connectivity index (χ0n) is 8.33. The summed E-state index contributed by atoms with van der Waals surface area (Å²) in [7, 11) is 1.34. The lowest BCUT2D eigenvalue weighted by Gasteiger charge is -2.08. The molecule has 0 aliphatic heterocycles. The number of esters is 1. The van der Waals surface area contributed by atoms with Crippen LogP contribution >= 0.6 is 15.9 Å². The van der Waals surface area contributed by atoms with E-state index >= 15 is 0 Å². The highest BCUT2D eigenvalue weighted by molar-refractivity contribution is 9.10. The summed E-state index contributed by atoms with van der Waals surface area (Å²) in [4.78, 5) is 10.8. The van der Waals surface area contributed by atoms with Gasteiger partial charge in [0.2, 0.25) is 0 Å². The molecule has 2 N–H and O–H groups in total. The topological polar surface area (TPSA) is 61.5 Å². The fourth-order valence-corrected chi connectivity index (χ4v) is 1.38. The SMILES string of the molecule is COC(=O)CCOc1ccc(Br)cc1N. The standard InChI is InChI=1S/C10H12BrNO3/c1-14-10(13)4-5-15-9-3-2-7(11)6-8(9)12/h2-3,6H,4-5,12H2,1H3. The molecular formula is C10H12BrNO3. The molecule has 0 unspecified atom stereocenters. The van der Waals surface area contributed by atoms with Gasteiger partial charge < -0.3 is 15.2 Å². The van der Waals surface area contributed by atoms with E-state index in [2.05, 4.69) is 20.7 Å². The molecule has 0 saturated carbocycles. The van der Waals surface area contributed by atoms with Gasteiger partial charge in [0, 0.05) is 4.47 Å². The first-order chi connectivity index (χ1) is 7.13. The Morgan fingerprint density at radius 3 is 2.87 bits per heavy atom. The second kappa shape index (κ2) is 5.60. The zero-order chi connectivity index (χ0) is 11.3. The van der Waals surface area contributed by atoms with Crippen molar-refractivity contribution in [3.05, 3.63) is 22.7 Å². The third-order valence-corrected chi connectivity index (χ3v) is 2.26. The molecule has 1 rings (SSSR count). The van der Waals surface area contributed by atoms with Gasteiger partial charge in [-0.15, -0.1) is 0 Å². The fraction of sp³-hybridized carbons (Fsp3) is 0.300. The van der Waals surface area contributed by atoms with Crippen molar-refractivity contribution in [3.63, 3.8) is 0 Å². The maximum Gasteiger partial charge on any atom is 0.308 e. The molecule has 1 aromatic rings. The summed E-state index contributed by atoms with van der Waals surface area (Å²) in [6.07, 6.45) is 0.214. The number of rotatable bonds is 4. The summed E-state index contributed by atoms with van der Waals surface area (Å²) in [5, 5.41) is 0. The Balaban J connectivity index is 2.47. The summed E-state index contributed by atoms with van der Waals surface area (Å²) < 4.78 is 10.7. The van der Waals surface area contributed by atoms with Crippen molar-refractivity contribution in [2.45, 2.75) is 6.42 Å². The van der Waals surface area contributed by atoms with Gasteiger partial charge in [-0.2, -0.15) is 0 Å². The molecule has 0 saturated heterocycles. The molecule has 0 bridgehead atoms. The molecule has 0 aromatic heterocycles. The Kier molecular flexibility index (Phi) is 4.42. The highest BCUT2D eigenvalue weighted by Gasteiger charge is 2.03. The van der Waals surface area contributed by atoms with Gasteiger partial charge in [0.1, 0.15) is 5.75 Å². The number of anilines is 1. The van der Waals surface area contributed by atoms with Crippen LogP contribution in [0.5, 0.6) is 5.75 Å². The highest BCUT2D eigenvalue weighted by Crippen LogP contribution is 2.25. The molecule has 15 heavy (non-hydrogen) atoms. The first-order valence-electron chi connectivity index (χ1n) is 4.38. The Labute approximate surface area is 96.5 Å². The lowest BCUT2D eigenvalue weighted by molar-refractivity contribution is -0.141. The van der Waals surface area contributed by atoms with Crippen molar-refractivity contribution < 1.29 is 14.3 Å². The van der Waals surface area contributed by atoms with Crippen LogP contribution in [0.3, 0.4) is 0 Å². The van der Waals surface area contributed by atoms with Crippen LogP contribution in [0.25, 0.3) is 0 Å². The minimum atomic E-state index is -0.300. The maximum absolute atomic E-state index is 10.8. The Morgan fingerprint density at radius 2 is 2.27 bits per heavy atom. The molecule has 4 nitrogen and oxygen atoms in total. The first-order valence-corrected chi connectivity index (χ1v) is 5.17. The van der Waals surface area contributed by atoms with E-state index < -0.39 is 0 Å². The number of nitrogens with two attached hydrogens (primary N) is 1. The Morgan fingerprint density at radius 1 is 1.53 bits per heavy atom. The summed E-state index contributed by atoms with van der Waals surface area (Å²) in [6, 6.07) is 5.31. The van der Waals surface area contributed by atoms with Gasteiger partial charge in [-0.1, -0.05) is 15.9 Å². The quantitative estimate of drug-likeness (QED) is 0.673. The maximum atomic E-state index is 10.8. The van der Waals surface area contributed by atoms with E-state index in [1.54, 1.807) is 12.1 Å². The number of ether oxygens (including phenoxy) is 2. The molecule has 0 radical (unpaired) electrons. The van der Waals surface area contributed by atoms with Crippen LogP contribution in [-0.4, -0.2) is 19.7 Å². The van der Waals surface area contributed by atoms with Crippen molar-refractivity contribution in [2.75, 3.05) is 19.5 Å². The van der Waals surface area contributed by atoms with Crippen molar-refractivity contribution in [1.29, 1.82) is 0 Å². The molecule has 1 aromatic carbocycles. The monoisotopic (exact) mass is 273 g/mol. The van der Waals surface area contributed by atoms with Crippen LogP contribution < -0.4 is 10.5 Å². The molecule has 0 spiro atoms. The van der Waals surface area contributed by atoms with E-state index in [-0.39, 0.29) is 19.0 Å². The van der Waals surface area contributed by atoms with Crippen LogP contribution in [0.15, 0.2) is 22.7 Å². The Bertz CT molecular complexity index is 355. The lowest BCUT2D eigenvalue weighted by atomic mass is 10.3. The van der Waals surface area contributed by atoms with E-state index in [1.165, 1.54) is 7.11 Å². The number of halogens is 1. The Hall–Kier alpha value is -1.23. The summed E-state index contributed by atoms with van der Waals surface area (Å²) in [6.45, 7) is 0.262. The number of nitrogen functional groups attached to an aromatic ring is 1.